The van der Waals surface area contributed by atoms with Crippen molar-refractivity contribution in [2.45, 2.75) is 33.6 Å². The normalized spacial score (nSPS) is 11.7. The number of carbonyl (C=O) groups is 1. The Balaban J connectivity index is 1.62. The Morgan fingerprint density at radius 1 is 1.16 bits per heavy atom. The fraction of sp³-hybridized carbons (Fsp3) is 0.250. The third-order valence-electron chi connectivity index (χ3n) is 4.40. The maximum absolute atomic E-state index is 12.1. The van der Waals surface area contributed by atoms with Crippen molar-refractivity contribution < 1.29 is 4.79 Å². The van der Waals surface area contributed by atoms with Crippen LogP contribution in [0.4, 0.5) is 0 Å². The van der Waals surface area contributed by atoms with E-state index >= 15 is 0 Å². The average molecular weight is 334 g/mol. The molecular weight excluding hydrogens is 312 g/mol. The van der Waals surface area contributed by atoms with Gasteiger partial charge in [0.25, 0.3) is 0 Å². The van der Waals surface area contributed by atoms with Crippen molar-refractivity contribution in [2.24, 2.45) is 5.10 Å². The number of aromatic amines is 1. The summed E-state index contributed by atoms with van der Waals surface area (Å²) in [5.74, 6) is -0.0971. The number of H-pyrrole nitrogens is 1. The fourth-order valence-electron chi connectivity index (χ4n) is 2.86. The molecule has 0 atom stereocenters. The van der Waals surface area contributed by atoms with Crippen molar-refractivity contribution in [1.29, 1.82) is 0 Å². The molecule has 2 aromatic carbocycles. The van der Waals surface area contributed by atoms with Gasteiger partial charge in [-0.3, -0.25) is 9.89 Å². The van der Waals surface area contributed by atoms with E-state index in [0.29, 0.717) is 12.8 Å². The van der Waals surface area contributed by atoms with Gasteiger partial charge < -0.3 is 0 Å². The van der Waals surface area contributed by atoms with Crippen LogP contribution in [-0.4, -0.2) is 21.8 Å². The lowest BCUT2D eigenvalue weighted by Crippen LogP contribution is -2.19. The van der Waals surface area contributed by atoms with Gasteiger partial charge in [0.05, 0.1) is 11.4 Å². The van der Waals surface area contributed by atoms with Crippen LogP contribution in [0.2, 0.25) is 0 Å². The minimum Gasteiger partial charge on any atom is -0.282 e. The summed E-state index contributed by atoms with van der Waals surface area (Å²) in [5.41, 5.74) is 7.50. The van der Waals surface area contributed by atoms with Crippen molar-refractivity contribution in [3.63, 3.8) is 0 Å². The predicted molar refractivity (Wildman–Crippen MR) is 101 cm³/mol. The third kappa shape index (κ3) is 3.94. The van der Waals surface area contributed by atoms with Gasteiger partial charge in [-0.1, -0.05) is 36.4 Å². The van der Waals surface area contributed by atoms with Crippen LogP contribution in [0, 0.1) is 13.8 Å². The fourth-order valence-corrected chi connectivity index (χ4v) is 2.86. The molecule has 0 aliphatic heterocycles. The maximum Gasteiger partial charge on any atom is 0.240 e. The van der Waals surface area contributed by atoms with Gasteiger partial charge in [-0.2, -0.15) is 10.2 Å². The van der Waals surface area contributed by atoms with E-state index in [9.17, 15) is 4.79 Å². The number of nitrogens with one attached hydrogen (secondary N) is 2. The lowest BCUT2D eigenvalue weighted by molar-refractivity contribution is -0.121. The molecule has 0 radical (unpaired) electrons. The van der Waals surface area contributed by atoms with E-state index in [1.165, 1.54) is 5.39 Å². The number of benzene rings is 2. The van der Waals surface area contributed by atoms with Crippen molar-refractivity contribution in [1.82, 2.24) is 15.6 Å². The second-order valence-electron chi connectivity index (χ2n) is 6.21. The summed E-state index contributed by atoms with van der Waals surface area (Å²) in [6.45, 7) is 5.81. The first-order valence-corrected chi connectivity index (χ1v) is 8.37. The second kappa shape index (κ2) is 7.30. The van der Waals surface area contributed by atoms with E-state index < -0.39 is 0 Å². The van der Waals surface area contributed by atoms with Gasteiger partial charge in [-0.25, -0.2) is 5.43 Å². The molecular formula is C20H22N4O. The zero-order chi connectivity index (χ0) is 17.8. The van der Waals surface area contributed by atoms with Crippen LogP contribution < -0.4 is 5.43 Å². The van der Waals surface area contributed by atoms with Crippen molar-refractivity contribution in [2.75, 3.05) is 0 Å². The van der Waals surface area contributed by atoms with Gasteiger partial charge in [0, 0.05) is 12.1 Å². The lowest BCUT2D eigenvalue weighted by Gasteiger charge is -2.05. The molecule has 0 fully saturated rings. The molecule has 0 unspecified atom stereocenters. The second-order valence-corrected chi connectivity index (χ2v) is 6.21. The van der Waals surface area contributed by atoms with Crippen molar-refractivity contribution >= 4 is 22.4 Å². The Hall–Kier alpha value is -2.95. The Kier molecular flexibility index (Phi) is 4.93. The molecule has 1 heterocycles. The average Bonchev–Trinajstić information content (AvgIpc) is 2.95. The molecule has 0 aliphatic rings. The zero-order valence-electron chi connectivity index (χ0n) is 14.8. The first-order valence-electron chi connectivity index (χ1n) is 8.37. The van der Waals surface area contributed by atoms with Gasteiger partial charge in [-0.05, 0) is 55.2 Å². The number of fused-ring (bicyclic) bond motifs is 1. The van der Waals surface area contributed by atoms with Gasteiger partial charge in [0.15, 0.2) is 0 Å². The van der Waals surface area contributed by atoms with E-state index in [1.54, 1.807) is 0 Å². The number of aryl methyl sites for hydroxylation is 2. The highest BCUT2D eigenvalue weighted by molar-refractivity contribution is 6.02. The maximum atomic E-state index is 12.1. The largest absolute Gasteiger partial charge is 0.282 e. The summed E-state index contributed by atoms with van der Waals surface area (Å²) in [5, 5.41) is 13.7. The van der Waals surface area contributed by atoms with Crippen molar-refractivity contribution in [3.05, 3.63) is 65.0 Å². The molecule has 1 aromatic heterocycles. The van der Waals surface area contributed by atoms with Crippen LogP contribution in [0.15, 0.2) is 47.6 Å². The highest BCUT2D eigenvalue weighted by Crippen LogP contribution is 2.16. The number of hydrazone groups is 1. The van der Waals surface area contributed by atoms with Crippen LogP contribution in [0.3, 0.4) is 0 Å². The molecule has 3 aromatic rings. The smallest absolute Gasteiger partial charge is 0.240 e. The summed E-state index contributed by atoms with van der Waals surface area (Å²) >= 11 is 0. The summed E-state index contributed by atoms with van der Waals surface area (Å²) in [4.78, 5) is 12.1. The van der Waals surface area contributed by atoms with Gasteiger partial charge in [0.2, 0.25) is 5.91 Å². The zero-order valence-corrected chi connectivity index (χ0v) is 14.8. The number of hydrogen-bond donors (Lipinski definition) is 2. The molecule has 25 heavy (non-hydrogen) atoms. The van der Waals surface area contributed by atoms with E-state index in [1.807, 2.05) is 39.0 Å². The predicted octanol–water partition coefficient (Wildman–Crippen LogP) is 3.65. The molecule has 0 saturated heterocycles. The van der Waals surface area contributed by atoms with Gasteiger partial charge >= 0.3 is 0 Å². The summed E-state index contributed by atoms with van der Waals surface area (Å²) in [6.07, 6.45) is 1.04. The number of hydrogen-bond acceptors (Lipinski definition) is 3. The van der Waals surface area contributed by atoms with Crippen molar-refractivity contribution in [3.8, 4) is 0 Å². The summed E-state index contributed by atoms with van der Waals surface area (Å²) in [6, 6.07) is 14.3. The molecule has 0 saturated carbocycles. The van der Waals surface area contributed by atoms with E-state index in [2.05, 4.69) is 45.0 Å². The first-order chi connectivity index (χ1) is 12.0. The molecule has 128 valence electrons. The summed E-state index contributed by atoms with van der Waals surface area (Å²) in [7, 11) is 0. The van der Waals surface area contributed by atoms with E-state index in [-0.39, 0.29) is 5.91 Å². The minimum absolute atomic E-state index is 0.0971. The number of nitrogens with zero attached hydrogens (tertiary/aromatic N) is 2. The Morgan fingerprint density at radius 3 is 2.64 bits per heavy atom. The Bertz CT molecular complexity index is 920. The SMILES string of the molecule is CC(=NNC(=O)CCc1c(C)n[nH]c1C)c1ccc2ccccc2c1. The molecule has 2 N–H and O–H groups in total. The van der Waals surface area contributed by atoms with Gasteiger partial charge in [0.1, 0.15) is 0 Å². The van der Waals surface area contributed by atoms with Crippen LogP contribution in [0.5, 0.6) is 0 Å². The highest BCUT2D eigenvalue weighted by Gasteiger charge is 2.09. The molecule has 3 rings (SSSR count). The number of amides is 1. The van der Waals surface area contributed by atoms with E-state index in [4.69, 9.17) is 0 Å². The minimum atomic E-state index is -0.0971. The van der Waals surface area contributed by atoms with E-state index in [0.717, 1.165) is 33.6 Å². The number of carbonyl (C=O) groups excluding carboxylic acids is 1. The van der Waals surface area contributed by atoms with Crippen LogP contribution in [-0.2, 0) is 11.2 Å². The van der Waals surface area contributed by atoms with Crippen LogP contribution >= 0.6 is 0 Å². The topological polar surface area (TPSA) is 70.1 Å². The molecule has 5 nitrogen and oxygen atoms in total. The number of rotatable bonds is 5. The van der Waals surface area contributed by atoms with Crippen LogP contribution in [0.25, 0.3) is 10.8 Å². The third-order valence-corrected chi connectivity index (χ3v) is 4.40. The highest BCUT2D eigenvalue weighted by atomic mass is 16.2. The Morgan fingerprint density at radius 2 is 1.92 bits per heavy atom. The summed E-state index contributed by atoms with van der Waals surface area (Å²) < 4.78 is 0. The molecule has 1 amide bonds. The lowest BCUT2D eigenvalue weighted by atomic mass is 10.0. The molecule has 5 heteroatoms. The molecule has 0 aliphatic carbocycles. The quantitative estimate of drug-likeness (QED) is 0.552. The van der Waals surface area contributed by atoms with Gasteiger partial charge in [-0.15, -0.1) is 0 Å². The number of aromatic nitrogens is 2. The van der Waals surface area contributed by atoms with Crippen LogP contribution in [0.1, 0.15) is 35.9 Å². The molecule has 0 spiro atoms. The monoisotopic (exact) mass is 334 g/mol. The standard InChI is InChI=1S/C20H22N4O/c1-13(17-9-8-16-6-4-5-7-18(16)12-17)21-24-20(25)11-10-19-14(2)22-23-15(19)3/h4-9,12H,10-11H2,1-3H3,(H,22,23)(H,24,25). The first kappa shape index (κ1) is 16.9. The molecule has 0 bridgehead atoms. The Labute approximate surface area is 147 Å².